The van der Waals surface area contributed by atoms with Crippen LogP contribution in [0.3, 0.4) is 0 Å². The second kappa shape index (κ2) is 4.17. The van der Waals surface area contributed by atoms with Crippen LogP contribution in [0.5, 0.6) is 0 Å². The largest absolute Gasteiger partial charge is 0.385 e. The molecule has 1 unspecified atom stereocenters. The monoisotopic (exact) mass is 226 g/mol. The van der Waals surface area contributed by atoms with Crippen molar-refractivity contribution in [2.24, 2.45) is 10.7 Å². The van der Waals surface area contributed by atoms with Crippen LogP contribution in [0.4, 0.5) is 8.78 Å². The maximum atomic E-state index is 13.6. The highest BCUT2D eigenvalue weighted by Gasteiger charge is 2.37. The zero-order valence-electron chi connectivity index (χ0n) is 8.62. The van der Waals surface area contributed by atoms with E-state index in [0.29, 0.717) is 0 Å². The molecule has 0 aromatic heterocycles. The molecule has 5 heteroatoms. The number of alkyl halides is 1. The molecule has 0 aliphatic carbocycles. The first kappa shape index (κ1) is 11.0. The Morgan fingerprint density at radius 3 is 2.81 bits per heavy atom. The second-order valence-electron chi connectivity index (χ2n) is 3.74. The Hall–Kier alpha value is -1.49. The third-order valence-corrected chi connectivity index (χ3v) is 2.54. The Balaban J connectivity index is 2.50. The van der Waals surface area contributed by atoms with Crippen molar-refractivity contribution in [2.75, 3.05) is 19.9 Å². The van der Waals surface area contributed by atoms with Crippen molar-refractivity contribution in [2.45, 2.75) is 5.54 Å². The first-order valence-electron chi connectivity index (χ1n) is 4.91. The van der Waals surface area contributed by atoms with Crippen LogP contribution in [0.1, 0.15) is 5.56 Å². The Bertz CT molecular complexity index is 422. The highest BCUT2D eigenvalue weighted by atomic mass is 19.1. The van der Waals surface area contributed by atoms with E-state index in [4.69, 9.17) is 10.5 Å². The van der Waals surface area contributed by atoms with Gasteiger partial charge in [0.05, 0.1) is 6.61 Å². The maximum Gasteiger partial charge on any atom is 0.142 e. The summed E-state index contributed by atoms with van der Waals surface area (Å²) in [7, 11) is 0. The zero-order valence-corrected chi connectivity index (χ0v) is 8.62. The van der Waals surface area contributed by atoms with Gasteiger partial charge in [0.2, 0.25) is 0 Å². The quantitative estimate of drug-likeness (QED) is 0.828. The van der Waals surface area contributed by atoms with Gasteiger partial charge in [-0.05, 0) is 6.07 Å². The van der Waals surface area contributed by atoms with Crippen LogP contribution >= 0.6 is 0 Å². The molecule has 0 saturated heterocycles. The van der Waals surface area contributed by atoms with Gasteiger partial charge in [0.25, 0.3) is 0 Å². The lowest BCUT2D eigenvalue weighted by Crippen LogP contribution is -2.41. The van der Waals surface area contributed by atoms with E-state index in [1.807, 2.05) is 0 Å². The van der Waals surface area contributed by atoms with Gasteiger partial charge in [0.15, 0.2) is 0 Å². The molecule has 0 bridgehead atoms. The molecule has 1 aromatic carbocycles. The van der Waals surface area contributed by atoms with Crippen molar-refractivity contribution < 1.29 is 13.5 Å². The SMILES string of the molecule is NC1=NC(CF)(c2ccccc2F)COC1. The number of aliphatic imine (C=N–C) groups is 1. The minimum Gasteiger partial charge on any atom is -0.385 e. The highest BCUT2D eigenvalue weighted by Crippen LogP contribution is 2.31. The van der Waals surface area contributed by atoms with Crippen molar-refractivity contribution in [3.8, 4) is 0 Å². The number of nitrogens with two attached hydrogens (primary N) is 1. The van der Waals surface area contributed by atoms with Crippen molar-refractivity contribution >= 4 is 5.84 Å². The number of halogens is 2. The van der Waals surface area contributed by atoms with Gasteiger partial charge in [-0.25, -0.2) is 8.78 Å². The van der Waals surface area contributed by atoms with Gasteiger partial charge in [-0.2, -0.15) is 0 Å². The van der Waals surface area contributed by atoms with E-state index in [9.17, 15) is 8.78 Å². The number of amidine groups is 1. The topological polar surface area (TPSA) is 47.6 Å². The smallest absolute Gasteiger partial charge is 0.142 e. The third kappa shape index (κ3) is 1.78. The lowest BCUT2D eigenvalue weighted by atomic mass is 9.91. The van der Waals surface area contributed by atoms with Crippen molar-refractivity contribution in [3.63, 3.8) is 0 Å². The molecule has 1 atom stereocenters. The van der Waals surface area contributed by atoms with Gasteiger partial charge < -0.3 is 10.5 Å². The summed E-state index contributed by atoms with van der Waals surface area (Å²) in [6.45, 7) is -0.671. The summed E-state index contributed by atoms with van der Waals surface area (Å²) >= 11 is 0. The van der Waals surface area contributed by atoms with Crippen molar-refractivity contribution in [3.05, 3.63) is 35.6 Å². The van der Waals surface area contributed by atoms with Crippen molar-refractivity contribution in [1.82, 2.24) is 0 Å². The molecule has 2 N–H and O–H groups in total. The normalized spacial score (nSPS) is 25.2. The van der Waals surface area contributed by atoms with E-state index >= 15 is 0 Å². The molecular weight excluding hydrogens is 214 g/mol. The standard InChI is InChI=1S/C11H12F2N2O/c12-6-11(7-16-5-10(14)15-11)8-3-1-2-4-9(8)13/h1-4H,5-7H2,(H2,14,15). The summed E-state index contributed by atoms with van der Waals surface area (Å²) < 4.78 is 31.9. The molecule has 86 valence electrons. The summed E-state index contributed by atoms with van der Waals surface area (Å²) in [5, 5.41) is 0. The number of benzene rings is 1. The Morgan fingerprint density at radius 2 is 2.19 bits per heavy atom. The fourth-order valence-corrected chi connectivity index (χ4v) is 1.78. The Kier molecular flexibility index (Phi) is 2.87. The van der Waals surface area contributed by atoms with E-state index in [1.54, 1.807) is 12.1 Å². The predicted octanol–water partition coefficient (Wildman–Crippen LogP) is 1.38. The Labute approximate surface area is 91.9 Å². The van der Waals surface area contributed by atoms with Crippen molar-refractivity contribution in [1.29, 1.82) is 0 Å². The molecule has 1 aromatic rings. The average molecular weight is 226 g/mol. The van der Waals surface area contributed by atoms with E-state index in [-0.39, 0.29) is 24.6 Å². The first-order valence-corrected chi connectivity index (χ1v) is 4.91. The van der Waals surface area contributed by atoms with Crippen LogP contribution in [0, 0.1) is 5.82 Å². The van der Waals surface area contributed by atoms with E-state index < -0.39 is 18.0 Å². The minimum atomic E-state index is -1.33. The molecule has 16 heavy (non-hydrogen) atoms. The number of hydrogen-bond acceptors (Lipinski definition) is 3. The fourth-order valence-electron chi connectivity index (χ4n) is 1.78. The maximum absolute atomic E-state index is 13.6. The molecule has 1 aliphatic heterocycles. The summed E-state index contributed by atoms with van der Waals surface area (Å²) in [5.74, 6) is -0.311. The zero-order chi connectivity index (χ0) is 11.6. The predicted molar refractivity (Wildman–Crippen MR) is 56.5 cm³/mol. The molecule has 0 spiro atoms. The lowest BCUT2D eigenvalue weighted by Gasteiger charge is -2.31. The van der Waals surface area contributed by atoms with E-state index in [1.165, 1.54) is 12.1 Å². The third-order valence-electron chi connectivity index (χ3n) is 2.54. The number of ether oxygens (including phenoxy) is 1. The average Bonchev–Trinajstić information content (AvgIpc) is 2.29. The van der Waals surface area contributed by atoms with Crippen LogP contribution < -0.4 is 5.73 Å². The van der Waals surface area contributed by atoms with Gasteiger partial charge in [-0.3, -0.25) is 4.99 Å². The van der Waals surface area contributed by atoms with Crippen LogP contribution in [-0.2, 0) is 10.3 Å². The molecule has 0 amide bonds. The fraction of sp³-hybridized carbons (Fsp3) is 0.364. The molecular formula is C11H12F2N2O. The summed E-state index contributed by atoms with van der Waals surface area (Å²) in [6.07, 6.45) is 0. The molecule has 0 saturated carbocycles. The Morgan fingerprint density at radius 1 is 1.44 bits per heavy atom. The molecule has 3 nitrogen and oxygen atoms in total. The number of nitrogens with zero attached hydrogens (tertiary/aromatic N) is 1. The molecule has 1 aliphatic rings. The molecule has 1 heterocycles. The minimum absolute atomic E-state index is 0.00509. The molecule has 2 rings (SSSR count). The van der Waals surface area contributed by atoms with Crippen LogP contribution in [0.25, 0.3) is 0 Å². The number of hydrogen-bond donors (Lipinski definition) is 1. The van der Waals surface area contributed by atoms with Crippen LogP contribution in [-0.4, -0.2) is 25.7 Å². The van der Waals surface area contributed by atoms with Crippen LogP contribution in [0.2, 0.25) is 0 Å². The summed E-state index contributed by atoms with van der Waals surface area (Å²) in [6, 6.07) is 5.95. The number of rotatable bonds is 2. The van der Waals surface area contributed by atoms with Gasteiger partial charge >= 0.3 is 0 Å². The van der Waals surface area contributed by atoms with Gasteiger partial charge in [-0.15, -0.1) is 0 Å². The summed E-state index contributed by atoms with van der Waals surface area (Å²) in [5.41, 5.74) is 4.36. The molecule has 0 radical (unpaired) electrons. The van der Waals surface area contributed by atoms with Gasteiger partial charge in [-0.1, -0.05) is 18.2 Å². The first-order chi connectivity index (χ1) is 7.68. The lowest BCUT2D eigenvalue weighted by molar-refractivity contribution is 0.0808. The van der Waals surface area contributed by atoms with E-state index in [0.717, 1.165) is 0 Å². The van der Waals surface area contributed by atoms with Gasteiger partial charge in [0, 0.05) is 5.56 Å². The molecule has 0 fully saturated rings. The van der Waals surface area contributed by atoms with Gasteiger partial charge in [0.1, 0.15) is 30.5 Å². The highest BCUT2D eigenvalue weighted by molar-refractivity contribution is 5.82. The summed E-state index contributed by atoms with van der Waals surface area (Å²) in [4.78, 5) is 4.02. The van der Waals surface area contributed by atoms with Crippen LogP contribution in [0.15, 0.2) is 29.3 Å². The second-order valence-corrected chi connectivity index (χ2v) is 3.74. The van der Waals surface area contributed by atoms with E-state index in [2.05, 4.69) is 4.99 Å².